The first-order chi connectivity index (χ1) is 17.1. The first kappa shape index (κ1) is 28.6. The molecule has 1 aromatic carbocycles. The van der Waals surface area contributed by atoms with Crippen LogP contribution >= 0.6 is 0 Å². The van der Waals surface area contributed by atoms with Crippen molar-refractivity contribution >= 4 is 17.8 Å². The third kappa shape index (κ3) is 8.53. The highest BCUT2D eigenvalue weighted by molar-refractivity contribution is 5.98. The Labute approximate surface area is 211 Å². The summed E-state index contributed by atoms with van der Waals surface area (Å²) in [4.78, 5) is 40.8. The van der Waals surface area contributed by atoms with Gasteiger partial charge in [0, 0.05) is 25.8 Å². The maximum absolute atomic E-state index is 12.9. The molecule has 0 unspecified atom stereocenters. The molecule has 10 nitrogen and oxygen atoms in total. The van der Waals surface area contributed by atoms with Crippen LogP contribution in [0.2, 0.25) is 0 Å². The van der Waals surface area contributed by atoms with Crippen molar-refractivity contribution in [2.45, 2.75) is 52.9 Å². The van der Waals surface area contributed by atoms with Gasteiger partial charge < -0.3 is 29.0 Å². The van der Waals surface area contributed by atoms with Crippen molar-refractivity contribution in [3.05, 3.63) is 53.9 Å². The van der Waals surface area contributed by atoms with Crippen molar-refractivity contribution < 1.29 is 38.1 Å². The Balaban J connectivity index is 2.09. The minimum Gasteiger partial charge on any atom is -0.493 e. The molecule has 0 aliphatic rings. The second-order valence-electron chi connectivity index (χ2n) is 8.48. The van der Waals surface area contributed by atoms with Crippen molar-refractivity contribution in [3.63, 3.8) is 0 Å². The van der Waals surface area contributed by atoms with Gasteiger partial charge in [-0.1, -0.05) is 44.2 Å². The molecule has 0 aliphatic heterocycles. The van der Waals surface area contributed by atoms with E-state index < -0.39 is 42.9 Å². The van der Waals surface area contributed by atoms with E-state index in [1.165, 1.54) is 33.2 Å². The van der Waals surface area contributed by atoms with E-state index in [0.717, 1.165) is 5.56 Å². The normalized spacial score (nSPS) is 13.3. The number of amides is 1. The number of nitrogens with one attached hydrogen (secondary N) is 1. The topological polar surface area (TPSA) is 122 Å². The van der Waals surface area contributed by atoms with Crippen LogP contribution in [0.5, 0.6) is 11.5 Å². The van der Waals surface area contributed by atoms with Crippen LogP contribution in [-0.2, 0) is 23.8 Å². The maximum Gasteiger partial charge on any atom is 0.328 e. The SMILES string of the molecule is COc1ccnc(C(=O)N[C@@H](C)C(=O)O[C@@H](C)[C@@H](OCC(C)C)c2ccccc2)c1OCOC(C)=O. The number of nitrogens with zero attached hydrogens (tertiary/aromatic N) is 1. The van der Waals surface area contributed by atoms with E-state index in [4.69, 9.17) is 23.7 Å². The summed E-state index contributed by atoms with van der Waals surface area (Å²) in [5.41, 5.74) is 0.738. The third-order valence-electron chi connectivity index (χ3n) is 4.94. The molecular formula is C26H34N2O8. The van der Waals surface area contributed by atoms with E-state index >= 15 is 0 Å². The van der Waals surface area contributed by atoms with Gasteiger partial charge >= 0.3 is 11.9 Å². The van der Waals surface area contributed by atoms with Crippen molar-refractivity contribution in [3.8, 4) is 11.5 Å². The first-order valence-corrected chi connectivity index (χ1v) is 11.6. The average molecular weight is 503 g/mol. The zero-order valence-corrected chi connectivity index (χ0v) is 21.5. The zero-order valence-electron chi connectivity index (χ0n) is 21.5. The lowest BCUT2D eigenvalue weighted by atomic mass is 10.0. The van der Waals surface area contributed by atoms with Crippen LogP contribution in [0.1, 0.15) is 56.8 Å². The molecule has 0 aliphatic carbocycles. The molecule has 36 heavy (non-hydrogen) atoms. The summed E-state index contributed by atoms with van der Waals surface area (Å²) in [5.74, 6) is -1.42. The van der Waals surface area contributed by atoms with Crippen LogP contribution in [0.3, 0.4) is 0 Å². The molecule has 0 saturated carbocycles. The maximum atomic E-state index is 12.9. The molecule has 0 bridgehead atoms. The van der Waals surface area contributed by atoms with Crippen LogP contribution in [-0.4, -0.2) is 55.5 Å². The van der Waals surface area contributed by atoms with Crippen molar-refractivity contribution in [1.29, 1.82) is 0 Å². The molecule has 0 radical (unpaired) electrons. The Bertz CT molecular complexity index is 1010. The smallest absolute Gasteiger partial charge is 0.328 e. The van der Waals surface area contributed by atoms with E-state index in [-0.39, 0.29) is 17.2 Å². The number of aromatic nitrogens is 1. The van der Waals surface area contributed by atoms with Crippen molar-refractivity contribution in [1.82, 2.24) is 10.3 Å². The highest BCUT2D eigenvalue weighted by atomic mass is 16.7. The van der Waals surface area contributed by atoms with Crippen LogP contribution in [0.25, 0.3) is 0 Å². The molecule has 1 heterocycles. The Hall–Kier alpha value is -3.66. The fraction of sp³-hybridized carbons (Fsp3) is 0.462. The number of pyridine rings is 1. The van der Waals surface area contributed by atoms with Gasteiger partial charge in [-0.25, -0.2) is 9.78 Å². The lowest BCUT2D eigenvalue weighted by molar-refractivity contribution is -0.159. The Morgan fingerprint density at radius 3 is 2.33 bits per heavy atom. The second kappa shape index (κ2) is 14.0. The predicted octanol–water partition coefficient (Wildman–Crippen LogP) is 3.45. The first-order valence-electron chi connectivity index (χ1n) is 11.6. The quantitative estimate of drug-likeness (QED) is 0.324. The monoisotopic (exact) mass is 502 g/mol. The van der Waals surface area contributed by atoms with Crippen molar-refractivity contribution in [2.24, 2.45) is 5.92 Å². The number of rotatable bonds is 13. The molecule has 3 atom stereocenters. The van der Waals surface area contributed by atoms with Gasteiger partial charge in [0.05, 0.1) is 7.11 Å². The number of ether oxygens (including phenoxy) is 5. The summed E-state index contributed by atoms with van der Waals surface area (Å²) in [6.45, 7) is 8.59. The Morgan fingerprint density at radius 2 is 1.72 bits per heavy atom. The molecule has 0 saturated heterocycles. The summed E-state index contributed by atoms with van der Waals surface area (Å²) >= 11 is 0. The number of hydrogen-bond acceptors (Lipinski definition) is 9. The third-order valence-corrected chi connectivity index (χ3v) is 4.94. The Kier molecular flexibility index (Phi) is 11.1. The number of benzene rings is 1. The number of esters is 2. The standard InChI is InChI=1S/C26H34N2O8/c1-16(2)14-33-23(20-10-8-7-9-11-20)18(4)36-26(31)17(3)28-25(30)22-24(35-15-34-19(5)29)21(32-6)12-13-27-22/h7-13,16-18,23H,14-15H2,1-6H3,(H,28,30)/t17-,18-,23+/m0/s1. The largest absolute Gasteiger partial charge is 0.493 e. The summed E-state index contributed by atoms with van der Waals surface area (Å²) in [5, 5.41) is 2.56. The minimum atomic E-state index is -1.00. The highest BCUT2D eigenvalue weighted by Crippen LogP contribution is 2.30. The fourth-order valence-corrected chi connectivity index (χ4v) is 3.18. The molecule has 0 spiro atoms. The lowest BCUT2D eigenvalue weighted by Crippen LogP contribution is -2.42. The number of methoxy groups -OCH3 is 1. The zero-order chi connectivity index (χ0) is 26.7. The van der Waals surface area contributed by atoms with Crippen LogP contribution in [0.15, 0.2) is 42.6 Å². The molecule has 1 aromatic heterocycles. The number of carbonyl (C=O) groups excluding carboxylic acids is 3. The summed E-state index contributed by atoms with van der Waals surface area (Å²) in [7, 11) is 1.39. The van der Waals surface area contributed by atoms with Gasteiger partial charge in [0.1, 0.15) is 18.2 Å². The average Bonchev–Trinajstić information content (AvgIpc) is 2.84. The van der Waals surface area contributed by atoms with Crippen molar-refractivity contribution in [2.75, 3.05) is 20.5 Å². The van der Waals surface area contributed by atoms with Gasteiger partial charge in [-0.2, -0.15) is 0 Å². The molecular weight excluding hydrogens is 468 g/mol. The van der Waals surface area contributed by atoms with Gasteiger partial charge in [-0.15, -0.1) is 0 Å². The van der Waals surface area contributed by atoms with E-state index in [0.29, 0.717) is 12.5 Å². The molecule has 2 rings (SSSR count). The van der Waals surface area contributed by atoms with Gasteiger partial charge in [-0.05, 0) is 25.3 Å². The van der Waals surface area contributed by atoms with Crippen LogP contribution in [0.4, 0.5) is 0 Å². The molecule has 1 amide bonds. The van der Waals surface area contributed by atoms with Gasteiger partial charge in [0.2, 0.25) is 6.79 Å². The van der Waals surface area contributed by atoms with Gasteiger partial charge in [0.15, 0.2) is 17.2 Å². The summed E-state index contributed by atoms with van der Waals surface area (Å²) < 4.78 is 27.1. The molecule has 0 fully saturated rings. The Morgan fingerprint density at radius 1 is 1.03 bits per heavy atom. The van der Waals surface area contributed by atoms with E-state index in [1.54, 1.807) is 6.92 Å². The number of carbonyl (C=O) groups is 3. The van der Waals surface area contributed by atoms with E-state index in [2.05, 4.69) is 10.3 Å². The van der Waals surface area contributed by atoms with E-state index in [9.17, 15) is 14.4 Å². The molecule has 196 valence electrons. The molecule has 2 aromatic rings. The lowest BCUT2D eigenvalue weighted by Gasteiger charge is -2.27. The van der Waals surface area contributed by atoms with E-state index in [1.807, 2.05) is 44.2 Å². The van der Waals surface area contributed by atoms with Gasteiger partial charge in [-0.3, -0.25) is 9.59 Å². The molecule has 10 heteroatoms. The number of hydrogen-bond donors (Lipinski definition) is 1. The second-order valence-corrected chi connectivity index (χ2v) is 8.48. The summed E-state index contributed by atoms with van der Waals surface area (Å²) in [6, 6.07) is 9.98. The van der Waals surface area contributed by atoms with Crippen LogP contribution < -0.4 is 14.8 Å². The highest BCUT2D eigenvalue weighted by Gasteiger charge is 2.28. The fourth-order valence-electron chi connectivity index (χ4n) is 3.18. The predicted molar refractivity (Wildman–Crippen MR) is 131 cm³/mol. The van der Waals surface area contributed by atoms with Gasteiger partial charge in [0.25, 0.3) is 5.91 Å². The summed E-state index contributed by atoms with van der Waals surface area (Å²) in [6.07, 6.45) is 0.269. The molecule has 1 N–H and O–H groups in total. The minimum absolute atomic E-state index is 0.0288. The van der Waals surface area contributed by atoms with Crippen LogP contribution in [0, 0.1) is 5.92 Å².